The lowest BCUT2D eigenvalue weighted by Crippen LogP contribution is -2.37. The molecule has 37 heavy (non-hydrogen) atoms. The molecule has 2 amide bonds. The van der Waals surface area contributed by atoms with E-state index in [1.165, 1.54) is 12.1 Å². The summed E-state index contributed by atoms with van der Waals surface area (Å²) in [6, 6.07) is 16.5. The van der Waals surface area contributed by atoms with Gasteiger partial charge in [-0.2, -0.15) is 0 Å². The number of hydrogen-bond donors (Lipinski definition) is 1. The molecule has 0 radical (unpaired) electrons. The lowest BCUT2D eigenvalue weighted by atomic mass is 9.92. The monoisotopic (exact) mass is 507 g/mol. The third-order valence-electron chi connectivity index (χ3n) is 6.41. The maximum absolute atomic E-state index is 13.5. The first-order valence-electron chi connectivity index (χ1n) is 11.6. The summed E-state index contributed by atoms with van der Waals surface area (Å²) in [7, 11) is 0. The van der Waals surface area contributed by atoms with Crippen molar-refractivity contribution >= 4 is 24.3 Å². The van der Waals surface area contributed by atoms with Crippen molar-refractivity contribution in [2.45, 2.75) is 25.4 Å². The fourth-order valence-electron chi connectivity index (χ4n) is 4.51. The van der Waals surface area contributed by atoms with Crippen LogP contribution in [0, 0.1) is 17.6 Å². The Morgan fingerprint density at radius 1 is 0.892 bits per heavy atom. The molecular formula is C28H23F2NO6. The molecule has 1 N–H and O–H groups in total. The number of amides is 2. The summed E-state index contributed by atoms with van der Waals surface area (Å²) >= 11 is 0. The number of ether oxygens (including phenoxy) is 1. The highest BCUT2D eigenvalue weighted by molar-refractivity contribution is 6.21. The Labute approximate surface area is 211 Å². The van der Waals surface area contributed by atoms with Gasteiger partial charge in [0.2, 0.25) is 0 Å². The van der Waals surface area contributed by atoms with Crippen LogP contribution in [0.4, 0.5) is 8.78 Å². The molecular weight excluding hydrogens is 484 g/mol. The van der Waals surface area contributed by atoms with Crippen LogP contribution in [0.5, 0.6) is 0 Å². The van der Waals surface area contributed by atoms with Gasteiger partial charge in [-0.3, -0.25) is 24.1 Å². The first-order chi connectivity index (χ1) is 17.8. The van der Waals surface area contributed by atoms with E-state index in [1.54, 1.807) is 48.5 Å². The third-order valence-corrected chi connectivity index (χ3v) is 6.41. The summed E-state index contributed by atoms with van der Waals surface area (Å²) in [4.78, 5) is 49.3. The van der Waals surface area contributed by atoms with Crippen molar-refractivity contribution in [1.82, 2.24) is 4.90 Å². The van der Waals surface area contributed by atoms with E-state index in [2.05, 4.69) is 0 Å². The number of carboxylic acid groups (broad SMARTS) is 1. The number of aryl methyl sites for hydroxylation is 1. The largest absolute Gasteiger partial charge is 0.481 e. The molecule has 0 fully saturated rings. The van der Waals surface area contributed by atoms with E-state index in [4.69, 9.17) is 4.74 Å². The van der Waals surface area contributed by atoms with Gasteiger partial charge < -0.3 is 9.84 Å². The predicted octanol–water partition coefficient (Wildman–Crippen LogP) is 4.49. The van der Waals surface area contributed by atoms with E-state index in [-0.39, 0.29) is 37.0 Å². The second-order valence-corrected chi connectivity index (χ2v) is 8.71. The van der Waals surface area contributed by atoms with Crippen molar-refractivity contribution in [3.63, 3.8) is 0 Å². The molecule has 0 saturated carbocycles. The van der Waals surface area contributed by atoms with Gasteiger partial charge in [0, 0.05) is 12.6 Å². The highest BCUT2D eigenvalue weighted by Crippen LogP contribution is 2.26. The van der Waals surface area contributed by atoms with Gasteiger partial charge in [-0.25, -0.2) is 8.78 Å². The number of carbonyl (C=O) groups is 4. The highest BCUT2D eigenvalue weighted by atomic mass is 19.1. The number of imide groups is 1. The van der Waals surface area contributed by atoms with Gasteiger partial charge in [0.25, 0.3) is 18.3 Å². The average Bonchev–Trinajstić information content (AvgIpc) is 3.11. The fourth-order valence-corrected chi connectivity index (χ4v) is 4.51. The smallest absolute Gasteiger partial charge is 0.310 e. The molecule has 7 nitrogen and oxygen atoms in total. The van der Waals surface area contributed by atoms with Crippen LogP contribution < -0.4 is 0 Å². The van der Waals surface area contributed by atoms with Crippen LogP contribution >= 0.6 is 0 Å². The minimum absolute atomic E-state index is 0.0939. The Morgan fingerprint density at radius 2 is 1.49 bits per heavy atom. The van der Waals surface area contributed by atoms with E-state index in [0.717, 1.165) is 16.5 Å². The van der Waals surface area contributed by atoms with Gasteiger partial charge in [-0.05, 0) is 60.2 Å². The van der Waals surface area contributed by atoms with Crippen molar-refractivity contribution in [2.24, 2.45) is 5.92 Å². The topological polar surface area (TPSA) is 101 Å². The second-order valence-electron chi connectivity index (χ2n) is 8.71. The third kappa shape index (κ3) is 5.72. The lowest BCUT2D eigenvalue weighted by molar-refractivity contribution is -0.151. The Balaban J connectivity index is 1.41. The minimum atomic E-state index is -1.22. The van der Waals surface area contributed by atoms with Crippen molar-refractivity contribution < 1.29 is 37.8 Å². The molecule has 3 aromatic rings. The summed E-state index contributed by atoms with van der Waals surface area (Å²) in [5.41, 5.74) is 2.32. The summed E-state index contributed by atoms with van der Waals surface area (Å²) in [5, 5.41) is 9.81. The Bertz CT molecular complexity index is 1290. The van der Waals surface area contributed by atoms with Crippen LogP contribution in [0.3, 0.4) is 0 Å². The van der Waals surface area contributed by atoms with Gasteiger partial charge >= 0.3 is 5.97 Å². The van der Waals surface area contributed by atoms with Gasteiger partial charge in [-0.15, -0.1) is 0 Å². The molecule has 1 heterocycles. The highest BCUT2D eigenvalue weighted by Gasteiger charge is 2.37. The van der Waals surface area contributed by atoms with E-state index in [1.807, 2.05) is 0 Å². The molecule has 190 valence electrons. The number of carbonyl (C=O) groups excluding carboxylic acids is 3. The SMILES string of the molecule is O=COC(CCc1ccc(-c2cc(F)cc(F)c2)cc1)C(CCN1C(=O)c2ccccc2C1=O)C(=O)O. The molecule has 1 aliphatic rings. The van der Waals surface area contributed by atoms with Crippen LogP contribution in [-0.2, 0) is 20.7 Å². The standard InChI is InChI=1S/C28H23F2NO6/c29-20-13-19(14-21(30)15-20)18-8-5-17(6-9-18)7-10-25(37-16-32)24(28(35)36)11-12-31-26(33)22-3-1-2-4-23(22)27(31)34/h1-6,8-9,13-16,24-25H,7,10-12H2,(H,35,36). The zero-order valence-corrected chi connectivity index (χ0v) is 19.6. The summed E-state index contributed by atoms with van der Waals surface area (Å²) < 4.78 is 32.1. The van der Waals surface area contributed by atoms with Crippen LogP contribution in [0.25, 0.3) is 11.1 Å². The molecule has 9 heteroatoms. The number of nitrogens with zero attached hydrogens (tertiary/aromatic N) is 1. The van der Waals surface area contributed by atoms with E-state index < -0.39 is 41.4 Å². The van der Waals surface area contributed by atoms with Crippen LogP contribution in [0.1, 0.15) is 39.1 Å². The Morgan fingerprint density at radius 3 is 2.03 bits per heavy atom. The molecule has 2 atom stereocenters. The van der Waals surface area contributed by atoms with Crippen LogP contribution in [-0.4, -0.2) is 46.9 Å². The minimum Gasteiger partial charge on any atom is -0.481 e. The number of fused-ring (bicyclic) bond motifs is 1. The van der Waals surface area contributed by atoms with Gasteiger partial charge in [0.05, 0.1) is 17.0 Å². The summed E-state index contributed by atoms with van der Waals surface area (Å²) in [5.74, 6) is -4.72. The number of carboxylic acids is 1. The maximum atomic E-state index is 13.5. The quantitative estimate of drug-likeness (QED) is 0.303. The van der Waals surface area contributed by atoms with Gasteiger partial charge in [-0.1, -0.05) is 36.4 Å². The first kappa shape index (κ1) is 25.7. The summed E-state index contributed by atoms with van der Waals surface area (Å²) in [6.07, 6.45) is -0.565. The molecule has 0 aliphatic carbocycles. The Hall–Kier alpha value is -4.40. The van der Waals surface area contributed by atoms with Crippen molar-refractivity contribution in [3.05, 3.63) is 95.1 Å². The van der Waals surface area contributed by atoms with E-state index >= 15 is 0 Å². The Kier molecular flexibility index (Phi) is 7.71. The zero-order valence-electron chi connectivity index (χ0n) is 19.6. The molecule has 3 aromatic carbocycles. The second kappa shape index (κ2) is 11.1. The number of halogens is 2. The van der Waals surface area contributed by atoms with Crippen LogP contribution in [0.2, 0.25) is 0 Å². The number of rotatable bonds is 11. The molecule has 2 unspecified atom stereocenters. The fraction of sp³-hybridized carbons (Fsp3) is 0.214. The van der Waals surface area contributed by atoms with Gasteiger partial charge in [0.15, 0.2) is 0 Å². The normalized spacial score (nSPS) is 14.3. The first-order valence-corrected chi connectivity index (χ1v) is 11.6. The van der Waals surface area contributed by atoms with Crippen LogP contribution in [0.15, 0.2) is 66.7 Å². The number of aliphatic carboxylic acids is 1. The number of hydrogen-bond acceptors (Lipinski definition) is 5. The molecule has 0 saturated heterocycles. The number of benzene rings is 3. The molecule has 0 aromatic heterocycles. The lowest BCUT2D eigenvalue weighted by Gasteiger charge is -2.24. The summed E-state index contributed by atoms with van der Waals surface area (Å²) in [6.45, 7) is 0.0468. The molecule has 4 rings (SSSR count). The van der Waals surface area contributed by atoms with Crippen molar-refractivity contribution in [3.8, 4) is 11.1 Å². The molecule has 1 aliphatic heterocycles. The maximum Gasteiger partial charge on any atom is 0.310 e. The van der Waals surface area contributed by atoms with Crippen molar-refractivity contribution in [1.29, 1.82) is 0 Å². The predicted molar refractivity (Wildman–Crippen MR) is 129 cm³/mol. The molecule has 0 spiro atoms. The van der Waals surface area contributed by atoms with E-state index in [9.17, 15) is 33.1 Å². The zero-order chi connectivity index (χ0) is 26.5. The van der Waals surface area contributed by atoms with Gasteiger partial charge in [0.1, 0.15) is 17.7 Å². The van der Waals surface area contributed by atoms with Crippen molar-refractivity contribution in [2.75, 3.05) is 6.54 Å². The molecule has 0 bridgehead atoms. The van der Waals surface area contributed by atoms with E-state index in [0.29, 0.717) is 17.5 Å². The average molecular weight is 507 g/mol.